The molecule has 22 heavy (non-hydrogen) atoms. The second kappa shape index (κ2) is 8.85. The Labute approximate surface area is 130 Å². The monoisotopic (exact) mass is 309 g/mol. The molecule has 0 amide bonds. The molecule has 0 aromatic heterocycles. The summed E-state index contributed by atoms with van der Waals surface area (Å²) in [6.45, 7) is 2.50. The Hall–Kier alpha value is -1.47. The molecule has 6 nitrogen and oxygen atoms in total. The largest absolute Gasteiger partial charge is 0.391 e. The van der Waals surface area contributed by atoms with Crippen molar-refractivity contribution in [2.24, 2.45) is 5.16 Å². The summed E-state index contributed by atoms with van der Waals surface area (Å²) in [6.07, 6.45) is -0.323. The van der Waals surface area contributed by atoms with Gasteiger partial charge in [0.2, 0.25) is 0 Å². The molecular formula is C16H23NO5. The van der Waals surface area contributed by atoms with Gasteiger partial charge >= 0.3 is 0 Å². The molecule has 0 bridgehead atoms. The molecule has 1 aliphatic heterocycles. The minimum atomic E-state index is -0.337. The van der Waals surface area contributed by atoms with E-state index in [1.807, 2.05) is 37.3 Å². The third-order valence-corrected chi connectivity index (χ3v) is 3.38. The van der Waals surface area contributed by atoms with Crippen molar-refractivity contribution in [1.82, 2.24) is 0 Å². The lowest BCUT2D eigenvalue weighted by molar-refractivity contribution is -0.194. The lowest BCUT2D eigenvalue weighted by Gasteiger charge is -2.34. The highest BCUT2D eigenvalue weighted by molar-refractivity contribution is 5.89. The third-order valence-electron chi connectivity index (χ3n) is 3.38. The summed E-state index contributed by atoms with van der Waals surface area (Å²) in [5, 5.41) is 4.24. The SMILES string of the molecule is COCO[C@@H]1/C(=N/OCc2ccccc2)C[C@H](OC)O[C@H]1C. The molecule has 0 aliphatic carbocycles. The molecular weight excluding hydrogens is 286 g/mol. The van der Waals surface area contributed by atoms with Crippen LogP contribution in [0.25, 0.3) is 0 Å². The minimum Gasteiger partial charge on any atom is -0.391 e. The van der Waals surface area contributed by atoms with Crippen LogP contribution in [-0.4, -0.2) is 45.2 Å². The summed E-state index contributed by atoms with van der Waals surface area (Å²) in [6, 6.07) is 9.88. The maximum Gasteiger partial charge on any atom is 0.163 e. The maximum absolute atomic E-state index is 5.70. The molecule has 1 fully saturated rings. The van der Waals surface area contributed by atoms with Crippen molar-refractivity contribution in [2.75, 3.05) is 21.0 Å². The Balaban J connectivity index is 1.99. The average Bonchev–Trinajstić information content (AvgIpc) is 2.54. The molecule has 0 spiro atoms. The Bertz CT molecular complexity index is 465. The van der Waals surface area contributed by atoms with Gasteiger partial charge in [-0.2, -0.15) is 0 Å². The van der Waals surface area contributed by atoms with Crippen molar-refractivity contribution in [3.63, 3.8) is 0 Å². The summed E-state index contributed by atoms with van der Waals surface area (Å²) < 4.78 is 21.6. The predicted octanol–water partition coefficient (Wildman–Crippen LogP) is 2.33. The molecule has 1 saturated heterocycles. The lowest BCUT2D eigenvalue weighted by Crippen LogP contribution is -2.46. The van der Waals surface area contributed by atoms with E-state index in [0.717, 1.165) is 11.3 Å². The highest BCUT2D eigenvalue weighted by Gasteiger charge is 2.35. The molecule has 0 N–H and O–H groups in total. The topological polar surface area (TPSA) is 58.5 Å². The molecule has 1 aromatic carbocycles. The molecule has 1 aliphatic rings. The quantitative estimate of drug-likeness (QED) is 0.571. The number of benzene rings is 1. The number of hydrogen-bond acceptors (Lipinski definition) is 6. The number of rotatable bonds is 7. The third kappa shape index (κ3) is 4.78. The Morgan fingerprint density at radius 3 is 2.68 bits per heavy atom. The zero-order valence-corrected chi connectivity index (χ0v) is 13.2. The smallest absolute Gasteiger partial charge is 0.163 e. The van der Waals surface area contributed by atoms with Crippen molar-refractivity contribution in [3.05, 3.63) is 35.9 Å². The van der Waals surface area contributed by atoms with E-state index in [0.29, 0.717) is 13.0 Å². The van der Waals surface area contributed by atoms with Gasteiger partial charge in [-0.25, -0.2) is 0 Å². The van der Waals surface area contributed by atoms with E-state index < -0.39 is 0 Å². The lowest BCUT2D eigenvalue weighted by atomic mass is 10.0. The first-order chi connectivity index (χ1) is 10.7. The number of ether oxygens (including phenoxy) is 4. The highest BCUT2D eigenvalue weighted by Crippen LogP contribution is 2.21. The molecule has 0 unspecified atom stereocenters. The first-order valence-corrected chi connectivity index (χ1v) is 7.26. The van der Waals surface area contributed by atoms with Gasteiger partial charge < -0.3 is 23.8 Å². The summed E-state index contributed by atoms with van der Waals surface area (Å²) in [7, 11) is 3.19. The van der Waals surface area contributed by atoms with Crippen LogP contribution < -0.4 is 0 Å². The number of oxime groups is 1. The molecule has 3 atom stereocenters. The van der Waals surface area contributed by atoms with E-state index >= 15 is 0 Å². The number of hydrogen-bond donors (Lipinski definition) is 0. The van der Waals surface area contributed by atoms with Crippen molar-refractivity contribution in [3.8, 4) is 0 Å². The van der Waals surface area contributed by atoms with Crippen LogP contribution in [0, 0.1) is 0 Å². The number of nitrogens with zero attached hydrogens (tertiary/aromatic N) is 1. The van der Waals surface area contributed by atoms with Crippen LogP contribution >= 0.6 is 0 Å². The van der Waals surface area contributed by atoms with Gasteiger partial charge in [-0.3, -0.25) is 0 Å². The van der Waals surface area contributed by atoms with Gasteiger partial charge in [0.15, 0.2) is 6.29 Å². The van der Waals surface area contributed by atoms with Crippen LogP contribution in [0.15, 0.2) is 35.5 Å². The molecule has 1 aromatic rings. The standard InChI is InChI=1S/C16H23NO5/c1-12-16(20-11-18-2)14(9-15(19-3)22-12)17-21-10-13-7-5-4-6-8-13/h4-8,12,15-16H,9-11H2,1-3H3/b17-14+/t12-,15+,16-/m0/s1. The van der Waals surface area contributed by atoms with Crippen molar-refractivity contribution in [1.29, 1.82) is 0 Å². The van der Waals surface area contributed by atoms with Crippen LogP contribution in [0.1, 0.15) is 18.9 Å². The first-order valence-electron chi connectivity index (χ1n) is 7.26. The van der Waals surface area contributed by atoms with Crippen molar-refractivity contribution >= 4 is 5.71 Å². The highest BCUT2D eigenvalue weighted by atomic mass is 16.7. The van der Waals surface area contributed by atoms with E-state index in [-0.39, 0.29) is 25.3 Å². The Morgan fingerprint density at radius 1 is 1.23 bits per heavy atom. The molecule has 6 heteroatoms. The van der Waals surface area contributed by atoms with Gasteiger partial charge in [0.1, 0.15) is 19.5 Å². The van der Waals surface area contributed by atoms with Crippen LogP contribution in [0.5, 0.6) is 0 Å². The molecule has 0 radical (unpaired) electrons. The van der Waals surface area contributed by atoms with Gasteiger partial charge in [0.05, 0.1) is 11.8 Å². The first kappa shape index (κ1) is 16.9. The van der Waals surface area contributed by atoms with Gasteiger partial charge in [-0.05, 0) is 12.5 Å². The van der Waals surface area contributed by atoms with E-state index in [1.54, 1.807) is 14.2 Å². The molecule has 1 heterocycles. The fourth-order valence-electron chi connectivity index (χ4n) is 2.28. The summed E-state index contributed by atoms with van der Waals surface area (Å²) in [5.74, 6) is 0. The average molecular weight is 309 g/mol. The van der Waals surface area contributed by atoms with E-state index in [1.165, 1.54) is 0 Å². The fraction of sp³-hybridized carbons (Fsp3) is 0.562. The molecule has 0 saturated carbocycles. The van der Waals surface area contributed by atoms with Gasteiger partial charge in [-0.1, -0.05) is 35.5 Å². The predicted molar refractivity (Wildman–Crippen MR) is 81.4 cm³/mol. The minimum absolute atomic E-state index is 0.174. The van der Waals surface area contributed by atoms with E-state index in [2.05, 4.69) is 5.16 Å². The zero-order valence-electron chi connectivity index (χ0n) is 13.2. The van der Waals surface area contributed by atoms with Crippen molar-refractivity contribution in [2.45, 2.75) is 38.4 Å². The van der Waals surface area contributed by atoms with Crippen LogP contribution in [-0.2, 0) is 30.4 Å². The van der Waals surface area contributed by atoms with E-state index in [9.17, 15) is 0 Å². The van der Waals surface area contributed by atoms with Crippen LogP contribution in [0.4, 0.5) is 0 Å². The normalized spacial score (nSPS) is 27.0. The fourth-order valence-corrected chi connectivity index (χ4v) is 2.28. The summed E-state index contributed by atoms with van der Waals surface area (Å²) >= 11 is 0. The number of methoxy groups -OCH3 is 2. The Morgan fingerprint density at radius 2 is 2.00 bits per heavy atom. The van der Waals surface area contributed by atoms with Crippen molar-refractivity contribution < 1.29 is 23.8 Å². The summed E-state index contributed by atoms with van der Waals surface area (Å²) in [4.78, 5) is 5.47. The zero-order chi connectivity index (χ0) is 15.8. The summed E-state index contributed by atoms with van der Waals surface area (Å²) in [5.41, 5.74) is 1.82. The Kier molecular flexibility index (Phi) is 6.79. The second-order valence-electron chi connectivity index (χ2n) is 5.05. The van der Waals surface area contributed by atoms with Gasteiger partial charge in [-0.15, -0.1) is 0 Å². The molecule has 122 valence electrons. The second-order valence-corrected chi connectivity index (χ2v) is 5.05. The maximum atomic E-state index is 5.70. The van der Waals surface area contributed by atoms with Gasteiger partial charge in [0.25, 0.3) is 0 Å². The van der Waals surface area contributed by atoms with E-state index in [4.69, 9.17) is 23.8 Å². The molecule has 2 rings (SSSR count). The van der Waals surface area contributed by atoms with Crippen LogP contribution in [0.3, 0.4) is 0 Å². The van der Waals surface area contributed by atoms with Gasteiger partial charge in [0, 0.05) is 20.6 Å². The van der Waals surface area contributed by atoms with Crippen LogP contribution in [0.2, 0.25) is 0 Å².